The Morgan fingerprint density at radius 2 is 2.12 bits per heavy atom. The molecule has 2 rings (SSSR count). The molecule has 0 radical (unpaired) electrons. The van der Waals surface area contributed by atoms with Crippen molar-refractivity contribution in [3.8, 4) is 11.5 Å². The third-order valence-corrected chi connectivity index (χ3v) is 2.56. The Kier molecular flexibility index (Phi) is 3.88. The molecule has 1 heterocycles. The second-order valence-corrected chi connectivity index (χ2v) is 3.91. The van der Waals surface area contributed by atoms with E-state index in [2.05, 4.69) is 5.32 Å². The molecule has 0 atom stereocenters. The molecular weight excluding hydrogens is 230 g/mol. The van der Waals surface area contributed by atoms with Crippen molar-refractivity contribution in [1.82, 2.24) is 5.32 Å². The van der Waals surface area contributed by atoms with Crippen molar-refractivity contribution in [3.05, 3.63) is 22.7 Å². The average Bonchev–Trinajstić information content (AvgIpc) is 2.30. The topological polar surface area (TPSA) is 50.7 Å². The molecule has 16 heavy (non-hydrogen) atoms. The van der Waals surface area contributed by atoms with Crippen molar-refractivity contribution < 1.29 is 14.6 Å². The van der Waals surface area contributed by atoms with Crippen LogP contribution in [0.4, 0.5) is 0 Å². The van der Waals surface area contributed by atoms with Crippen LogP contribution in [0.25, 0.3) is 0 Å². The highest BCUT2D eigenvalue weighted by molar-refractivity contribution is 6.32. The monoisotopic (exact) mass is 243 g/mol. The van der Waals surface area contributed by atoms with Gasteiger partial charge >= 0.3 is 0 Å². The Morgan fingerprint density at radius 3 is 2.94 bits per heavy atom. The first kappa shape index (κ1) is 11.5. The fourth-order valence-electron chi connectivity index (χ4n) is 1.58. The highest BCUT2D eigenvalue weighted by Gasteiger charge is 2.16. The van der Waals surface area contributed by atoms with E-state index in [4.69, 9.17) is 26.2 Å². The first-order valence-corrected chi connectivity index (χ1v) is 5.58. The maximum absolute atomic E-state index is 8.66. The molecule has 0 amide bonds. The number of ether oxygens (including phenoxy) is 2. The Morgan fingerprint density at radius 1 is 1.31 bits per heavy atom. The van der Waals surface area contributed by atoms with Crippen LogP contribution in [0.15, 0.2) is 12.1 Å². The van der Waals surface area contributed by atoms with Crippen LogP contribution in [-0.2, 0) is 6.54 Å². The molecule has 1 aromatic rings. The van der Waals surface area contributed by atoms with Crippen molar-refractivity contribution in [2.45, 2.75) is 6.54 Å². The maximum Gasteiger partial charge on any atom is 0.179 e. The van der Waals surface area contributed by atoms with Crippen LogP contribution < -0.4 is 14.8 Å². The van der Waals surface area contributed by atoms with E-state index < -0.39 is 0 Å². The van der Waals surface area contributed by atoms with Crippen LogP contribution in [0.1, 0.15) is 5.56 Å². The van der Waals surface area contributed by atoms with Gasteiger partial charge in [-0.3, -0.25) is 0 Å². The second kappa shape index (κ2) is 5.39. The zero-order chi connectivity index (χ0) is 11.4. The quantitative estimate of drug-likeness (QED) is 0.781. The largest absolute Gasteiger partial charge is 0.486 e. The Balaban J connectivity index is 2.12. The molecule has 2 N–H and O–H groups in total. The van der Waals surface area contributed by atoms with Crippen molar-refractivity contribution in [2.24, 2.45) is 0 Å². The van der Waals surface area contributed by atoms with E-state index >= 15 is 0 Å². The molecule has 0 saturated heterocycles. The minimum absolute atomic E-state index is 0.123. The zero-order valence-corrected chi connectivity index (χ0v) is 9.59. The van der Waals surface area contributed by atoms with Gasteiger partial charge in [-0.1, -0.05) is 11.6 Å². The summed E-state index contributed by atoms with van der Waals surface area (Å²) < 4.78 is 10.9. The highest BCUT2D eigenvalue weighted by atomic mass is 35.5. The standard InChI is InChI=1S/C11H14ClNO3/c12-9-5-8(7-13-1-2-14)6-10-11(9)16-4-3-15-10/h5-6,13-14H,1-4,7H2. The van der Waals surface area contributed by atoms with Gasteiger partial charge in [0.05, 0.1) is 11.6 Å². The summed E-state index contributed by atoms with van der Waals surface area (Å²) in [4.78, 5) is 0. The van der Waals surface area contributed by atoms with Crippen LogP contribution in [0.2, 0.25) is 5.02 Å². The predicted octanol–water partition coefficient (Wildman–Crippen LogP) is 1.19. The summed E-state index contributed by atoms with van der Waals surface area (Å²) in [7, 11) is 0. The van der Waals surface area contributed by atoms with E-state index in [1.165, 1.54) is 0 Å². The van der Waals surface area contributed by atoms with Gasteiger partial charge in [-0.25, -0.2) is 0 Å². The number of halogens is 1. The first-order chi connectivity index (χ1) is 7.81. The van der Waals surface area contributed by atoms with Gasteiger partial charge in [-0.2, -0.15) is 0 Å². The van der Waals surface area contributed by atoms with Crippen LogP contribution in [0.5, 0.6) is 11.5 Å². The van der Waals surface area contributed by atoms with E-state index in [9.17, 15) is 0 Å². The third kappa shape index (κ3) is 2.58. The number of fused-ring (bicyclic) bond motifs is 1. The van der Waals surface area contributed by atoms with E-state index in [-0.39, 0.29) is 6.61 Å². The Bertz CT molecular complexity index is 370. The fraction of sp³-hybridized carbons (Fsp3) is 0.455. The molecule has 0 saturated carbocycles. The molecule has 0 spiro atoms. The Hall–Kier alpha value is -0.970. The number of nitrogens with one attached hydrogen (secondary N) is 1. The fourth-order valence-corrected chi connectivity index (χ4v) is 1.87. The molecule has 1 aliphatic heterocycles. The second-order valence-electron chi connectivity index (χ2n) is 3.50. The molecule has 0 aliphatic carbocycles. The van der Waals surface area contributed by atoms with Gasteiger partial charge in [-0.15, -0.1) is 0 Å². The normalized spacial score (nSPS) is 13.9. The lowest BCUT2D eigenvalue weighted by atomic mass is 10.2. The van der Waals surface area contributed by atoms with Gasteiger partial charge in [0, 0.05) is 13.1 Å². The molecule has 1 aromatic carbocycles. The molecule has 4 nitrogen and oxygen atoms in total. The smallest absolute Gasteiger partial charge is 0.179 e. The predicted molar refractivity (Wildman–Crippen MR) is 61.2 cm³/mol. The number of hydrogen-bond donors (Lipinski definition) is 2. The van der Waals surface area contributed by atoms with E-state index in [0.717, 1.165) is 5.56 Å². The van der Waals surface area contributed by atoms with E-state index in [1.54, 1.807) is 0 Å². The van der Waals surface area contributed by atoms with E-state index in [0.29, 0.717) is 42.8 Å². The zero-order valence-electron chi connectivity index (χ0n) is 8.83. The van der Waals surface area contributed by atoms with Crippen LogP contribution >= 0.6 is 11.6 Å². The van der Waals surface area contributed by atoms with E-state index in [1.807, 2.05) is 12.1 Å². The molecule has 1 aliphatic rings. The minimum Gasteiger partial charge on any atom is -0.486 e. The lowest BCUT2D eigenvalue weighted by molar-refractivity contribution is 0.171. The molecule has 0 aromatic heterocycles. The van der Waals surface area contributed by atoms with Gasteiger partial charge in [0.1, 0.15) is 13.2 Å². The van der Waals surface area contributed by atoms with Gasteiger partial charge < -0.3 is 19.9 Å². The number of aliphatic hydroxyl groups excluding tert-OH is 1. The summed E-state index contributed by atoms with van der Waals surface area (Å²) in [5.41, 5.74) is 1.02. The summed E-state index contributed by atoms with van der Waals surface area (Å²) in [6.07, 6.45) is 0. The van der Waals surface area contributed by atoms with Gasteiger partial charge in [0.15, 0.2) is 11.5 Å². The Labute approximate surface area is 99.1 Å². The molecule has 0 fully saturated rings. The lowest BCUT2D eigenvalue weighted by Gasteiger charge is -2.20. The lowest BCUT2D eigenvalue weighted by Crippen LogP contribution is -2.19. The highest BCUT2D eigenvalue weighted by Crippen LogP contribution is 2.38. The maximum atomic E-state index is 8.66. The SMILES string of the molecule is OCCNCc1cc(Cl)c2c(c1)OCCO2. The summed E-state index contributed by atoms with van der Waals surface area (Å²) >= 11 is 6.08. The van der Waals surface area contributed by atoms with Crippen molar-refractivity contribution in [3.63, 3.8) is 0 Å². The van der Waals surface area contributed by atoms with Crippen LogP contribution in [0.3, 0.4) is 0 Å². The summed E-state index contributed by atoms with van der Waals surface area (Å²) in [6, 6.07) is 3.75. The summed E-state index contributed by atoms with van der Waals surface area (Å²) in [5.74, 6) is 1.32. The third-order valence-electron chi connectivity index (χ3n) is 2.27. The number of benzene rings is 1. The van der Waals surface area contributed by atoms with Crippen LogP contribution in [-0.4, -0.2) is 31.5 Å². The van der Waals surface area contributed by atoms with Gasteiger partial charge in [0.25, 0.3) is 0 Å². The minimum atomic E-state index is 0.123. The number of aliphatic hydroxyl groups is 1. The van der Waals surface area contributed by atoms with Gasteiger partial charge in [0.2, 0.25) is 0 Å². The molecule has 5 heteroatoms. The number of rotatable bonds is 4. The summed E-state index contributed by atoms with van der Waals surface area (Å²) in [6.45, 7) is 2.42. The summed E-state index contributed by atoms with van der Waals surface area (Å²) in [5, 5.41) is 12.3. The molecular formula is C11H14ClNO3. The van der Waals surface area contributed by atoms with Crippen molar-refractivity contribution in [2.75, 3.05) is 26.4 Å². The van der Waals surface area contributed by atoms with Gasteiger partial charge in [-0.05, 0) is 17.7 Å². The number of hydrogen-bond acceptors (Lipinski definition) is 4. The van der Waals surface area contributed by atoms with Crippen molar-refractivity contribution >= 4 is 11.6 Å². The molecule has 0 bridgehead atoms. The van der Waals surface area contributed by atoms with Crippen molar-refractivity contribution in [1.29, 1.82) is 0 Å². The molecule has 88 valence electrons. The van der Waals surface area contributed by atoms with Crippen LogP contribution in [0, 0.1) is 0 Å². The first-order valence-electron chi connectivity index (χ1n) is 5.21. The molecule has 0 unspecified atom stereocenters. The average molecular weight is 244 g/mol.